The third-order valence-corrected chi connectivity index (χ3v) is 4.71. The molecule has 5 heteroatoms. The van der Waals surface area contributed by atoms with Gasteiger partial charge in [-0.15, -0.1) is 0 Å². The smallest absolute Gasteiger partial charge is 0.263 e. The molecule has 1 fully saturated rings. The molecule has 2 aromatic carbocycles. The number of nitrogens with zero attached hydrogens (tertiary/aromatic N) is 2. The zero-order chi connectivity index (χ0) is 18.5. The van der Waals surface area contributed by atoms with Crippen LogP contribution in [0.1, 0.15) is 12.5 Å². The van der Waals surface area contributed by atoms with Crippen molar-refractivity contribution in [1.82, 2.24) is 4.90 Å². The normalized spacial score (nSPS) is 15.5. The molecule has 0 aromatic heterocycles. The fourth-order valence-corrected chi connectivity index (χ4v) is 3.11. The molecule has 2 aromatic rings. The number of anilines is 1. The Kier molecular flexibility index (Phi) is 5.66. The Morgan fingerprint density at radius 3 is 2.08 bits per heavy atom. The molecule has 0 unspecified atom stereocenters. The fraction of sp³-hybridized carbons (Fsp3) is 0.381. The maximum Gasteiger partial charge on any atom is 0.263 e. The van der Waals surface area contributed by atoms with Crippen LogP contribution in [0.25, 0.3) is 0 Å². The standard InChI is InChI=1S/C21H26N2O3/c1-16-4-8-20(9-5-16)26-17(2)21(24)23-14-12-22(13-15-23)18-6-10-19(25-3)11-7-18/h4-11,17H,12-15H2,1-3H3/t17-/m1/s1. The van der Waals surface area contributed by atoms with Gasteiger partial charge in [0.1, 0.15) is 11.5 Å². The third kappa shape index (κ3) is 4.28. The van der Waals surface area contributed by atoms with Crippen molar-refractivity contribution in [3.05, 3.63) is 54.1 Å². The van der Waals surface area contributed by atoms with Gasteiger partial charge in [0.2, 0.25) is 0 Å². The van der Waals surface area contributed by atoms with Gasteiger partial charge in [0.15, 0.2) is 6.10 Å². The molecule has 5 nitrogen and oxygen atoms in total. The molecule has 1 aliphatic rings. The Morgan fingerprint density at radius 1 is 0.923 bits per heavy atom. The van der Waals surface area contributed by atoms with Crippen molar-refractivity contribution in [2.24, 2.45) is 0 Å². The average molecular weight is 354 g/mol. The predicted octanol–water partition coefficient (Wildman–Crippen LogP) is 3.12. The molecule has 0 N–H and O–H groups in total. The summed E-state index contributed by atoms with van der Waals surface area (Å²) in [6.07, 6.45) is -0.481. The number of ether oxygens (including phenoxy) is 2. The molecule has 138 valence electrons. The van der Waals surface area contributed by atoms with E-state index in [1.165, 1.54) is 5.56 Å². The second-order valence-electron chi connectivity index (χ2n) is 6.58. The van der Waals surface area contributed by atoms with Crippen LogP contribution < -0.4 is 14.4 Å². The van der Waals surface area contributed by atoms with Crippen molar-refractivity contribution in [2.75, 3.05) is 38.2 Å². The second kappa shape index (κ2) is 8.13. The van der Waals surface area contributed by atoms with Gasteiger partial charge in [-0.3, -0.25) is 4.79 Å². The largest absolute Gasteiger partial charge is 0.497 e. The summed E-state index contributed by atoms with van der Waals surface area (Å²) in [6.45, 7) is 6.88. The van der Waals surface area contributed by atoms with Gasteiger partial charge in [0.25, 0.3) is 5.91 Å². The van der Waals surface area contributed by atoms with Gasteiger partial charge in [-0.05, 0) is 50.2 Å². The van der Waals surface area contributed by atoms with E-state index in [-0.39, 0.29) is 5.91 Å². The molecule has 1 amide bonds. The molecule has 0 bridgehead atoms. The number of hydrogen-bond donors (Lipinski definition) is 0. The molecule has 0 aliphatic carbocycles. The van der Waals surface area contributed by atoms with Gasteiger partial charge < -0.3 is 19.3 Å². The summed E-state index contributed by atoms with van der Waals surface area (Å²) in [6, 6.07) is 15.8. The molecule has 0 spiro atoms. The Labute approximate surface area is 155 Å². The molecule has 1 saturated heterocycles. The van der Waals surface area contributed by atoms with Crippen LogP contribution in [0.2, 0.25) is 0 Å². The van der Waals surface area contributed by atoms with E-state index < -0.39 is 6.10 Å². The summed E-state index contributed by atoms with van der Waals surface area (Å²) in [4.78, 5) is 16.8. The highest BCUT2D eigenvalue weighted by Crippen LogP contribution is 2.21. The van der Waals surface area contributed by atoms with Crippen LogP contribution >= 0.6 is 0 Å². The second-order valence-corrected chi connectivity index (χ2v) is 6.58. The highest BCUT2D eigenvalue weighted by Gasteiger charge is 2.26. The van der Waals surface area contributed by atoms with Crippen LogP contribution in [-0.2, 0) is 4.79 Å². The molecule has 0 saturated carbocycles. The van der Waals surface area contributed by atoms with Gasteiger partial charge in [-0.1, -0.05) is 17.7 Å². The van der Waals surface area contributed by atoms with Crippen LogP contribution in [0.4, 0.5) is 5.69 Å². The molecular formula is C21H26N2O3. The van der Waals surface area contributed by atoms with Crippen LogP contribution in [0.5, 0.6) is 11.5 Å². The van der Waals surface area contributed by atoms with E-state index in [9.17, 15) is 4.79 Å². The van der Waals surface area contributed by atoms with Crippen molar-refractivity contribution < 1.29 is 14.3 Å². The zero-order valence-electron chi connectivity index (χ0n) is 15.6. The first-order valence-electron chi connectivity index (χ1n) is 8.98. The SMILES string of the molecule is COc1ccc(N2CCN(C(=O)[C@@H](C)Oc3ccc(C)cc3)CC2)cc1. The lowest BCUT2D eigenvalue weighted by Gasteiger charge is -2.37. The van der Waals surface area contributed by atoms with E-state index in [1.54, 1.807) is 7.11 Å². The maximum absolute atomic E-state index is 12.7. The minimum atomic E-state index is -0.481. The summed E-state index contributed by atoms with van der Waals surface area (Å²) in [5.74, 6) is 1.62. The number of amides is 1. The molecule has 1 atom stereocenters. The van der Waals surface area contributed by atoms with Gasteiger partial charge >= 0.3 is 0 Å². The summed E-state index contributed by atoms with van der Waals surface area (Å²) >= 11 is 0. The molecule has 1 aliphatic heterocycles. The Bertz CT molecular complexity index is 720. The molecule has 1 heterocycles. The number of aryl methyl sites for hydroxylation is 1. The van der Waals surface area contributed by atoms with E-state index in [2.05, 4.69) is 17.0 Å². The lowest BCUT2D eigenvalue weighted by molar-refractivity contribution is -0.138. The predicted molar refractivity (Wildman–Crippen MR) is 103 cm³/mol. The minimum Gasteiger partial charge on any atom is -0.497 e. The van der Waals surface area contributed by atoms with Gasteiger partial charge in [0.05, 0.1) is 7.11 Å². The van der Waals surface area contributed by atoms with E-state index in [0.29, 0.717) is 13.1 Å². The summed E-state index contributed by atoms with van der Waals surface area (Å²) in [5, 5.41) is 0. The molecular weight excluding hydrogens is 328 g/mol. The van der Waals surface area contributed by atoms with Gasteiger partial charge in [-0.2, -0.15) is 0 Å². The number of methoxy groups -OCH3 is 1. The quantitative estimate of drug-likeness (QED) is 0.827. The number of rotatable bonds is 5. The minimum absolute atomic E-state index is 0.0416. The van der Waals surface area contributed by atoms with Crippen molar-refractivity contribution in [3.8, 4) is 11.5 Å². The summed E-state index contributed by atoms with van der Waals surface area (Å²) < 4.78 is 11.0. The lowest BCUT2D eigenvalue weighted by Crippen LogP contribution is -2.52. The first-order valence-corrected chi connectivity index (χ1v) is 8.98. The maximum atomic E-state index is 12.7. The third-order valence-electron chi connectivity index (χ3n) is 4.71. The average Bonchev–Trinajstić information content (AvgIpc) is 2.69. The van der Waals surface area contributed by atoms with Crippen LogP contribution in [0.15, 0.2) is 48.5 Å². The Balaban J connectivity index is 1.53. The van der Waals surface area contributed by atoms with E-state index in [4.69, 9.17) is 9.47 Å². The summed E-state index contributed by atoms with van der Waals surface area (Å²) in [5.41, 5.74) is 2.33. The van der Waals surface area contributed by atoms with Crippen LogP contribution in [-0.4, -0.2) is 50.2 Å². The number of carbonyl (C=O) groups excluding carboxylic acids is 1. The van der Waals surface area contributed by atoms with Crippen molar-refractivity contribution in [1.29, 1.82) is 0 Å². The number of carbonyl (C=O) groups is 1. The van der Waals surface area contributed by atoms with Crippen LogP contribution in [0.3, 0.4) is 0 Å². The molecule has 26 heavy (non-hydrogen) atoms. The van der Waals surface area contributed by atoms with Gasteiger partial charge in [-0.25, -0.2) is 0 Å². The van der Waals surface area contributed by atoms with Crippen molar-refractivity contribution in [2.45, 2.75) is 20.0 Å². The van der Waals surface area contributed by atoms with E-state index in [1.807, 2.05) is 55.1 Å². The highest BCUT2D eigenvalue weighted by atomic mass is 16.5. The van der Waals surface area contributed by atoms with E-state index >= 15 is 0 Å². The molecule has 3 rings (SSSR count). The topological polar surface area (TPSA) is 42.0 Å². The number of benzene rings is 2. The zero-order valence-corrected chi connectivity index (χ0v) is 15.6. The highest BCUT2D eigenvalue weighted by molar-refractivity contribution is 5.81. The van der Waals surface area contributed by atoms with Crippen LogP contribution in [0, 0.1) is 6.92 Å². The van der Waals surface area contributed by atoms with Crippen molar-refractivity contribution >= 4 is 11.6 Å². The lowest BCUT2D eigenvalue weighted by atomic mass is 10.2. The fourth-order valence-electron chi connectivity index (χ4n) is 3.11. The molecule has 0 radical (unpaired) electrons. The van der Waals surface area contributed by atoms with Gasteiger partial charge in [0, 0.05) is 31.9 Å². The number of hydrogen-bond acceptors (Lipinski definition) is 4. The van der Waals surface area contributed by atoms with Crippen molar-refractivity contribution in [3.63, 3.8) is 0 Å². The summed E-state index contributed by atoms with van der Waals surface area (Å²) in [7, 11) is 1.67. The number of piperazine rings is 1. The van der Waals surface area contributed by atoms with E-state index in [0.717, 1.165) is 30.3 Å². The first kappa shape index (κ1) is 18.1. The first-order chi connectivity index (χ1) is 12.6. The monoisotopic (exact) mass is 354 g/mol. The Hall–Kier alpha value is -2.69. The Morgan fingerprint density at radius 2 is 1.50 bits per heavy atom.